The Labute approximate surface area is 110 Å². The highest BCUT2D eigenvalue weighted by Gasteiger charge is 2.35. The standard InChI is InChI=1S/C14H27N3O/c1-14(2,11-15)16-8-9-17(13(18)10-16)12-6-4-3-5-7-12/h12H,3-11,15H2,1-2H3. The number of carbonyl (C=O) groups excluding carboxylic acids is 1. The highest BCUT2D eigenvalue weighted by Crippen LogP contribution is 2.25. The summed E-state index contributed by atoms with van der Waals surface area (Å²) in [4.78, 5) is 16.7. The second kappa shape index (κ2) is 5.57. The Balaban J connectivity index is 1.94. The lowest BCUT2D eigenvalue weighted by atomic mass is 9.93. The first kappa shape index (κ1) is 13.8. The van der Waals surface area contributed by atoms with Gasteiger partial charge in [0.15, 0.2) is 0 Å². The van der Waals surface area contributed by atoms with E-state index in [4.69, 9.17) is 5.73 Å². The average molecular weight is 253 g/mol. The van der Waals surface area contributed by atoms with Gasteiger partial charge in [0.25, 0.3) is 0 Å². The van der Waals surface area contributed by atoms with Crippen molar-refractivity contribution in [3.05, 3.63) is 0 Å². The largest absolute Gasteiger partial charge is 0.337 e. The summed E-state index contributed by atoms with van der Waals surface area (Å²) in [7, 11) is 0. The Morgan fingerprint density at radius 1 is 1.22 bits per heavy atom. The van der Waals surface area contributed by atoms with Gasteiger partial charge in [0.05, 0.1) is 6.54 Å². The van der Waals surface area contributed by atoms with E-state index in [1.165, 1.54) is 32.1 Å². The van der Waals surface area contributed by atoms with Crippen molar-refractivity contribution < 1.29 is 4.79 Å². The Bertz CT molecular complexity index is 297. The number of rotatable bonds is 3. The molecule has 0 atom stereocenters. The summed E-state index contributed by atoms with van der Waals surface area (Å²) in [6, 6.07) is 0.509. The van der Waals surface area contributed by atoms with Gasteiger partial charge in [-0.25, -0.2) is 0 Å². The number of nitrogens with two attached hydrogens (primary N) is 1. The average Bonchev–Trinajstić information content (AvgIpc) is 2.39. The molecule has 1 saturated carbocycles. The second-order valence-corrected chi connectivity index (χ2v) is 6.32. The first-order valence-electron chi connectivity index (χ1n) is 7.29. The van der Waals surface area contributed by atoms with Crippen LogP contribution in [0.1, 0.15) is 46.0 Å². The molecule has 2 aliphatic rings. The van der Waals surface area contributed by atoms with Crippen molar-refractivity contribution in [2.24, 2.45) is 5.73 Å². The van der Waals surface area contributed by atoms with Crippen molar-refractivity contribution in [3.8, 4) is 0 Å². The van der Waals surface area contributed by atoms with Gasteiger partial charge in [-0.05, 0) is 26.7 Å². The number of piperazine rings is 1. The third-order valence-corrected chi connectivity index (χ3v) is 4.63. The fraction of sp³-hybridized carbons (Fsp3) is 0.929. The highest BCUT2D eigenvalue weighted by atomic mass is 16.2. The van der Waals surface area contributed by atoms with Gasteiger partial charge in [0, 0.05) is 31.2 Å². The van der Waals surface area contributed by atoms with Crippen LogP contribution in [0.2, 0.25) is 0 Å². The van der Waals surface area contributed by atoms with E-state index < -0.39 is 0 Å². The molecule has 0 aromatic rings. The fourth-order valence-electron chi connectivity index (χ4n) is 3.11. The summed E-state index contributed by atoms with van der Waals surface area (Å²) in [6.45, 7) is 7.23. The molecule has 0 spiro atoms. The van der Waals surface area contributed by atoms with Crippen molar-refractivity contribution >= 4 is 5.91 Å². The molecule has 4 nitrogen and oxygen atoms in total. The maximum atomic E-state index is 12.3. The van der Waals surface area contributed by atoms with Crippen LogP contribution in [0.15, 0.2) is 0 Å². The number of carbonyl (C=O) groups is 1. The number of hydrogen-bond donors (Lipinski definition) is 1. The van der Waals surface area contributed by atoms with Crippen LogP contribution in [0, 0.1) is 0 Å². The Morgan fingerprint density at radius 3 is 2.44 bits per heavy atom. The topological polar surface area (TPSA) is 49.6 Å². The lowest BCUT2D eigenvalue weighted by molar-refractivity contribution is -0.142. The predicted molar refractivity (Wildman–Crippen MR) is 73.3 cm³/mol. The molecule has 2 N–H and O–H groups in total. The van der Waals surface area contributed by atoms with Crippen LogP contribution in [0.3, 0.4) is 0 Å². The predicted octanol–water partition coefficient (Wildman–Crippen LogP) is 1.20. The molecule has 18 heavy (non-hydrogen) atoms. The summed E-state index contributed by atoms with van der Waals surface area (Å²) >= 11 is 0. The minimum atomic E-state index is -0.0612. The minimum absolute atomic E-state index is 0.0612. The molecule has 104 valence electrons. The molecule has 2 fully saturated rings. The monoisotopic (exact) mass is 253 g/mol. The Hall–Kier alpha value is -0.610. The molecule has 1 aliphatic heterocycles. The van der Waals surface area contributed by atoms with Crippen molar-refractivity contribution in [2.75, 3.05) is 26.2 Å². The molecule has 0 unspecified atom stereocenters. The molecular formula is C14H27N3O. The van der Waals surface area contributed by atoms with Gasteiger partial charge in [0.2, 0.25) is 5.91 Å². The fourth-order valence-corrected chi connectivity index (χ4v) is 3.11. The van der Waals surface area contributed by atoms with E-state index >= 15 is 0 Å². The first-order chi connectivity index (χ1) is 8.54. The van der Waals surface area contributed by atoms with Crippen LogP contribution < -0.4 is 5.73 Å². The molecule has 1 saturated heterocycles. The van der Waals surface area contributed by atoms with Crippen LogP contribution in [0.25, 0.3) is 0 Å². The first-order valence-corrected chi connectivity index (χ1v) is 7.29. The van der Waals surface area contributed by atoms with E-state index in [0.29, 0.717) is 25.0 Å². The molecular weight excluding hydrogens is 226 g/mol. The zero-order valence-electron chi connectivity index (χ0n) is 11.8. The molecule has 0 aromatic carbocycles. The molecule has 4 heteroatoms. The lowest BCUT2D eigenvalue weighted by Crippen LogP contribution is -2.61. The smallest absolute Gasteiger partial charge is 0.237 e. The van der Waals surface area contributed by atoms with Gasteiger partial charge in [0.1, 0.15) is 0 Å². The molecule has 0 bridgehead atoms. The lowest BCUT2D eigenvalue weighted by Gasteiger charge is -2.45. The molecule has 1 aliphatic carbocycles. The van der Waals surface area contributed by atoms with E-state index in [-0.39, 0.29) is 5.54 Å². The molecule has 1 amide bonds. The maximum absolute atomic E-state index is 12.3. The van der Waals surface area contributed by atoms with Crippen LogP contribution in [-0.2, 0) is 4.79 Å². The van der Waals surface area contributed by atoms with Crippen molar-refractivity contribution in [3.63, 3.8) is 0 Å². The van der Waals surface area contributed by atoms with Gasteiger partial charge in [-0.2, -0.15) is 0 Å². The molecule has 0 radical (unpaired) electrons. The second-order valence-electron chi connectivity index (χ2n) is 6.32. The summed E-state index contributed by atoms with van der Waals surface area (Å²) in [5.74, 6) is 0.301. The highest BCUT2D eigenvalue weighted by molar-refractivity contribution is 5.79. The number of hydrogen-bond acceptors (Lipinski definition) is 3. The Morgan fingerprint density at radius 2 is 1.89 bits per heavy atom. The summed E-state index contributed by atoms with van der Waals surface area (Å²) < 4.78 is 0. The van der Waals surface area contributed by atoms with E-state index in [0.717, 1.165) is 13.1 Å². The van der Waals surface area contributed by atoms with Crippen molar-refractivity contribution in [1.82, 2.24) is 9.80 Å². The zero-order valence-corrected chi connectivity index (χ0v) is 11.8. The van der Waals surface area contributed by atoms with Gasteiger partial charge in [-0.15, -0.1) is 0 Å². The molecule has 1 heterocycles. The zero-order chi connectivity index (χ0) is 13.2. The summed E-state index contributed by atoms with van der Waals surface area (Å²) in [5, 5.41) is 0. The normalized spacial score (nSPS) is 24.6. The van der Waals surface area contributed by atoms with Gasteiger partial charge < -0.3 is 10.6 Å². The Kier molecular flexibility index (Phi) is 4.28. The van der Waals surface area contributed by atoms with Crippen molar-refractivity contribution in [2.45, 2.75) is 57.5 Å². The summed E-state index contributed by atoms with van der Waals surface area (Å²) in [5.41, 5.74) is 5.73. The van der Waals surface area contributed by atoms with E-state index in [1.54, 1.807) is 0 Å². The number of nitrogens with zero attached hydrogens (tertiary/aromatic N) is 2. The summed E-state index contributed by atoms with van der Waals surface area (Å²) in [6.07, 6.45) is 6.31. The van der Waals surface area contributed by atoms with Crippen LogP contribution in [0.4, 0.5) is 0 Å². The molecule has 2 rings (SSSR count). The van der Waals surface area contributed by atoms with E-state index in [9.17, 15) is 4.79 Å². The van der Waals surface area contributed by atoms with Crippen molar-refractivity contribution in [1.29, 1.82) is 0 Å². The quantitative estimate of drug-likeness (QED) is 0.822. The van der Waals surface area contributed by atoms with E-state index in [2.05, 4.69) is 23.6 Å². The minimum Gasteiger partial charge on any atom is -0.337 e. The third-order valence-electron chi connectivity index (χ3n) is 4.63. The molecule has 0 aromatic heterocycles. The van der Waals surface area contributed by atoms with Crippen LogP contribution in [-0.4, -0.2) is 53.5 Å². The van der Waals surface area contributed by atoms with Crippen LogP contribution in [0.5, 0.6) is 0 Å². The van der Waals surface area contributed by atoms with E-state index in [1.807, 2.05) is 0 Å². The van der Waals surface area contributed by atoms with Gasteiger partial charge in [-0.1, -0.05) is 19.3 Å². The number of amides is 1. The van der Waals surface area contributed by atoms with Gasteiger partial charge >= 0.3 is 0 Å². The SMILES string of the molecule is CC(C)(CN)N1CCN(C2CCCCC2)C(=O)C1. The maximum Gasteiger partial charge on any atom is 0.237 e. The van der Waals surface area contributed by atoms with Crippen LogP contribution >= 0.6 is 0 Å². The third kappa shape index (κ3) is 2.86. The van der Waals surface area contributed by atoms with Gasteiger partial charge in [-0.3, -0.25) is 9.69 Å².